The van der Waals surface area contributed by atoms with E-state index in [1.165, 1.54) is 39.1 Å². The van der Waals surface area contributed by atoms with Crippen molar-refractivity contribution in [3.8, 4) is 11.5 Å². The molecule has 0 radical (unpaired) electrons. The van der Waals surface area contributed by atoms with Gasteiger partial charge in [0.15, 0.2) is 11.4 Å². The predicted octanol–water partition coefficient (Wildman–Crippen LogP) is 7.04. The summed E-state index contributed by atoms with van der Waals surface area (Å²) in [6.45, 7) is -0.763. The van der Waals surface area contributed by atoms with Crippen molar-refractivity contribution in [3.05, 3.63) is 82.1 Å². The number of para-hydroxylation sites is 1. The number of aryl methyl sites for hydroxylation is 3. The van der Waals surface area contributed by atoms with Gasteiger partial charge in [0, 0.05) is 50.3 Å². The highest BCUT2D eigenvalue weighted by Crippen LogP contribution is 2.36. The molecule has 2 aliphatic carbocycles. The van der Waals surface area contributed by atoms with E-state index in [9.17, 15) is 28.0 Å². The summed E-state index contributed by atoms with van der Waals surface area (Å²) in [6, 6.07) is 7.98. The number of alkyl halides is 4. The van der Waals surface area contributed by atoms with Crippen molar-refractivity contribution in [2.45, 2.75) is 101 Å². The minimum absolute atomic E-state index is 0.0671. The zero-order valence-electron chi connectivity index (χ0n) is 35.9. The Balaban J connectivity index is 0.778. The number of imide groups is 1. The van der Waals surface area contributed by atoms with Crippen LogP contribution in [-0.2, 0) is 34.2 Å². The number of nitrogens with one attached hydrogen (secondary N) is 2. The third-order valence-corrected chi connectivity index (χ3v) is 12.5. The second kappa shape index (κ2) is 19.2. The maximum atomic E-state index is 15.1. The van der Waals surface area contributed by atoms with E-state index in [0.717, 1.165) is 30.0 Å². The van der Waals surface area contributed by atoms with Crippen LogP contribution in [0, 0.1) is 11.8 Å². The van der Waals surface area contributed by atoms with Crippen LogP contribution in [0.4, 0.5) is 23.2 Å². The van der Waals surface area contributed by atoms with Crippen molar-refractivity contribution in [1.82, 2.24) is 39.1 Å². The lowest BCUT2D eigenvalue weighted by Gasteiger charge is -2.32. The number of aromatic nitrogens is 6. The third-order valence-electron chi connectivity index (χ3n) is 12.5. The van der Waals surface area contributed by atoms with Gasteiger partial charge in [-0.05, 0) is 100 Å². The van der Waals surface area contributed by atoms with Gasteiger partial charge in [0.25, 0.3) is 18.3 Å². The van der Waals surface area contributed by atoms with Gasteiger partial charge in [-0.25, -0.2) is 27.3 Å². The second-order valence-electron chi connectivity index (χ2n) is 17.6. The van der Waals surface area contributed by atoms with Crippen molar-refractivity contribution in [2.24, 2.45) is 18.9 Å². The molecule has 3 fully saturated rings. The molecule has 1 unspecified atom stereocenters. The van der Waals surface area contributed by atoms with E-state index < -0.39 is 49.0 Å². The Kier molecular flexibility index (Phi) is 13.5. The zero-order chi connectivity index (χ0) is 45.1. The fourth-order valence-electron chi connectivity index (χ4n) is 9.13. The number of piperidine rings is 1. The summed E-state index contributed by atoms with van der Waals surface area (Å²) >= 11 is 0. The smallest absolute Gasteiger partial charge is 0.329 e. The number of fused-ring (bicyclic) bond motifs is 1. The van der Waals surface area contributed by atoms with E-state index in [1.54, 1.807) is 43.4 Å². The van der Waals surface area contributed by atoms with Crippen LogP contribution in [0.3, 0.4) is 0 Å². The van der Waals surface area contributed by atoms with Crippen LogP contribution in [0.25, 0.3) is 22.5 Å². The average Bonchev–Trinajstić information content (AvgIpc) is 3.66. The molecule has 0 bridgehead atoms. The summed E-state index contributed by atoms with van der Waals surface area (Å²) in [4.78, 5) is 60.9. The number of carbonyl (C=O) groups excluding carboxylic acids is 3. The maximum absolute atomic E-state index is 15.1. The second-order valence-corrected chi connectivity index (χ2v) is 17.6. The number of anilines is 1. The van der Waals surface area contributed by atoms with Crippen molar-refractivity contribution >= 4 is 34.4 Å². The fraction of sp³-hybridized carbons (Fsp3) is 0.533. The third kappa shape index (κ3) is 10.5. The maximum Gasteiger partial charge on any atom is 0.329 e. The Morgan fingerprint density at radius 3 is 2.59 bits per heavy atom. The molecule has 8 rings (SSSR count). The van der Waals surface area contributed by atoms with E-state index >= 15 is 8.78 Å². The lowest BCUT2D eigenvalue weighted by molar-refractivity contribution is -0.135. The van der Waals surface area contributed by atoms with Crippen LogP contribution in [0.5, 0.6) is 0 Å². The summed E-state index contributed by atoms with van der Waals surface area (Å²) in [6.07, 6.45) is 9.52. The lowest BCUT2D eigenvalue weighted by atomic mass is 9.86. The Hall–Kier alpha value is -5.69. The highest BCUT2D eigenvalue weighted by Gasteiger charge is 2.34. The molecule has 0 spiro atoms. The van der Waals surface area contributed by atoms with Gasteiger partial charge in [0.1, 0.15) is 18.9 Å². The largest absolute Gasteiger partial charge is 0.444 e. The van der Waals surface area contributed by atoms with Crippen molar-refractivity contribution in [2.75, 3.05) is 38.7 Å². The number of carbonyl (C=O) groups is 3. The molecule has 1 saturated heterocycles. The van der Waals surface area contributed by atoms with E-state index in [4.69, 9.17) is 9.15 Å². The first-order valence-corrected chi connectivity index (χ1v) is 22.0. The fourth-order valence-corrected chi connectivity index (χ4v) is 9.13. The van der Waals surface area contributed by atoms with Gasteiger partial charge in [-0.1, -0.05) is 25.0 Å². The molecule has 1 atom stereocenters. The number of halogens is 4. The molecule has 19 heteroatoms. The molecule has 1 aliphatic heterocycles. The number of oxazole rings is 1. The molecule has 1 aromatic carbocycles. The molecule has 3 aliphatic rings. The summed E-state index contributed by atoms with van der Waals surface area (Å²) in [7, 11) is 3.26. The predicted molar refractivity (Wildman–Crippen MR) is 227 cm³/mol. The van der Waals surface area contributed by atoms with Gasteiger partial charge < -0.3 is 19.4 Å². The number of hydrogen-bond acceptors (Lipinski definition) is 10. The Labute approximate surface area is 366 Å². The van der Waals surface area contributed by atoms with E-state index in [2.05, 4.69) is 25.7 Å². The minimum Gasteiger partial charge on any atom is -0.444 e. The number of hydrogen-bond donors (Lipinski definition) is 2. The zero-order valence-corrected chi connectivity index (χ0v) is 35.9. The van der Waals surface area contributed by atoms with Crippen LogP contribution < -0.4 is 16.3 Å². The van der Waals surface area contributed by atoms with Crippen LogP contribution in [0.2, 0.25) is 0 Å². The van der Waals surface area contributed by atoms with Crippen molar-refractivity contribution < 1.29 is 41.1 Å². The number of ether oxygens (including phenoxy) is 1. The van der Waals surface area contributed by atoms with Crippen molar-refractivity contribution in [3.63, 3.8) is 0 Å². The van der Waals surface area contributed by atoms with Gasteiger partial charge in [0.2, 0.25) is 17.7 Å². The topological polar surface area (TPSA) is 171 Å². The SMILES string of the molecule is CN(CC1CCC(n2cc(NC(=O)c3coc(-c4ccnc(CCC5CC5)c4)n3)c(C(F)F)n2)CC1)CC(F)(F)COCCCc1cccc2c1n(C)c(=O)n2C1CCC(=O)NC1=O. The van der Waals surface area contributed by atoms with E-state index in [1.807, 2.05) is 12.1 Å². The summed E-state index contributed by atoms with van der Waals surface area (Å²) in [5.41, 5.74) is 2.47. The number of imidazole rings is 1. The molecular formula is C45H53F4N9O6. The molecule has 342 valence electrons. The Morgan fingerprint density at radius 2 is 1.84 bits per heavy atom. The van der Waals surface area contributed by atoms with E-state index in [-0.39, 0.29) is 60.3 Å². The molecule has 2 N–H and O–H groups in total. The standard InChI is InChI=1S/C45H53F4N9O6/c1-55(25-45(48,49)26-63-20-4-6-29-5-3-7-35-39(29)56(2)44(62)58(35)36-16-17-37(59)53-42(36)61)22-28-11-14-32(15-12-28)57-23-33(38(54-57)40(46)47)51-41(60)34-24-64-43(52-34)30-18-19-50-31(21-30)13-10-27-8-9-27/h3,5,7,18-19,21,23-24,27-28,32,36,40H,4,6,8-17,20,22,25-26H2,1-2H3,(H,51,60)(H,53,59,61). The Morgan fingerprint density at radius 1 is 1.06 bits per heavy atom. The first-order valence-electron chi connectivity index (χ1n) is 22.0. The molecule has 5 aromatic rings. The summed E-state index contributed by atoms with van der Waals surface area (Å²) in [5, 5.41) is 8.99. The lowest BCUT2D eigenvalue weighted by Crippen LogP contribution is -2.44. The highest BCUT2D eigenvalue weighted by atomic mass is 19.3. The van der Waals surface area contributed by atoms with E-state index in [0.29, 0.717) is 61.7 Å². The number of pyridine rings is 1. The van der Waals surface area contributed by atoms with Crippen LogP contribution in [0.15, 0.2) is 58.2 Å². The first kappa shape index (κ1) is 44.9. The molecule has 5 heterocycles. The number of amides is 3. The minimum atomic E-state index is -3.11. The number of benzene rings is 1. The average molecular weight is 892 g/mol. The molecule has 64 heavy (non-hydrogen) atoms. The first-order chi connectivity index (χ1) is 30.7. The van der Waals surface area contributed by atoms with Gasteiger partial charge in [-0.15, -0.1) is 0 Å². The molecule has 4 aromatic heterocycles. The van der Waals surface area contributed by atoms with Gasteiger partial charge >= 0.3 is 5.69 Å². The summed E-state index contributed by atoms with van der Waals surface area (Å²) in [5.74, 6) is -3.62. The monoisotopic (exact) mass is 891 g/mol. The highest BCUT2D eigenvalue weighted by molar-refractivity contribution is 6.03. The van der Waals surface area contributed by atoms with Crippen LogP contribution >= 0.6 is 0 Å². The summed E-state index contributed by atoms with van der Waals surface area (Å²) < 4.78 is 73.8. The van der Waals surface area contributed by atoms with Crippen LogP contribution in [-0.4, -0.2) is 90.8 Å². The Bertz CT molecular complexity index is 2540. The van der Waals surface area contributed by atoms with Crippen LogP contribution in [0.1, 0.15) is 110 Å². The van der Waals surface area contributed by atoms with Crippen molar-refractivity contribution in [1.29, 1.82) is 0 Å². The van der Waals surface area contributed by atoms with Gasteiger partial charge in [-0.2, -0.15) is 5.10 Å². The molecular weight excluding hydrogens is 839 g/mol. The number of rotatable bonds is 19. The van der Waals surface area contributed by atoms with Gasteiger partial charge in [-0.3, -0.25) is 38.5 Å². The normalized spacial score (nSPS) is 19.5. The number of nitrogens with zero attached hydrogens (tertiary/aromatic N) is 7. The molecule has 2 saturated carbocycles. The molecule has 15 nitrogen and oxygen atoms in total. The molecule has 3 amide bonds. The quantitative estimate of drug-likeness (QED) is 0.0498. The van der Waals surface area contributed by atoms with Gasteiger partial charge in [0.05, 0.1) is 29.3 Å².